The molecule has 1 aromatic rings. The van der Waals surface area contributed by atoms with Crippen LogP contribution < -0.4 is 5.43 Å². The van der Waals surface area contributed by atoms with Crippen LogP contribution in [0.1, 0.15) is 32.6 Å². The van der Waals surface area contributed by atoms with E-state index in [-0.39, 0.29) is 17.1 Å². The molecular weight excluding hydrogens is 276 g/mol. The van der Waals surface area contributed by atoms with Gasteiger partial charge in [0.2, 0.25) is 0 Å². The summed E-state index contributed by atoms with van der Waals surface area (Å²) >= 11 is 0. The Morgan fingerprint density at radius 2 is 2.05 bits per heavy atom. The fourth-order valence-corrected chi connectivity index (χ4v) is 2.38. The molecule has 0 saturated heterocycles. The first-order valence-corrected chi connectivity index (χ1v) is 6.71. The molecule has 0 amide bonds. The van der Waals surface area contributed by atoms with Crippen LogP contribution in [-0.2, 0) is 0 Å². The van der Waals surface area contributed by atoms with Gasteiger partial charge in [0.1, 0.15) is 5.69 Å². The summed E-state index contributed by atoms with van der Waals surface area (Å²) in [6.45, 7) is 2.14. The highest BCUT2D eigenvalue weighted by atomic mass is 16.6. The van der Waals surface area contributed by atoms with Crippen LogP contribution in [0, 0.1) is 26.1 Å². The lowest BCUT2D eigenvalue weighted by Gasteiger charge is -2.19. The van der Waals surface area contributed by atoms with Gasteiger partial charge in [0.15, 0.2) is 0 Å². The van der Waals surface area contributed by atoms with Crippen molar-refractivity contribution in [3.8, 4) is 0 Å². The van der Waals surface area contributed by atoms with E-state index < -0.39 is 9.85 Å². The summed E-state index contributed by atoms with van der Waals surface area (Å²) in [6.07, 6.45) is 3.96. The molecule has 1 N–H and O–H groups in total. The van der Waals surface area contributed by atoms with E-state index in [0.29, 0.717) is 5.92 Å². The molecule has 0 aliphatic heterocycles. The number of rotatable bonds is 4. The Hall–Kier alpha value is -2.51. The number of hydrogen-bond acceptors (Lipinski definition) is 6. The second-order valence-corrected chi connectivity index (χ2v) is 5.21. The first-order valence-electron chi connectivity index (χ1n) is 6.71. The van der Waals surface area contributed by atoms with Gasteiger partial charge in [-0.15, -0.1) is 0 Å². The topological polar surface area (TPSA) is 111 Å². The zero-order valence-corrected chi connectivity index (χ0v) is 11.6. The molecule has 0 bridgehead atoms. The molecule has 0 heterocycles. The Kier molecular flexibility index (Phi) is 4.46. The molecule has 112 valence electrons. The third-order valence-corrected chi connectivity index (χ3v) is 3.47. The van der Waals surface area contributed by atoms with Gasteiger partial charge in [-0.1, -0.05) is 6.92 Å². The van der Waals surface area contributed by atoms with Gasteiger partial charge < -0.3 is 0 Å². The number of nitrogens with one attached hydrogen (secondary N) is 1. The predicted molar refractivity (Wildman–Crippen MR) is 78.4 cm³/mol. The van der Waals surface area contributed by atoms with Gasteiger partial charge in [-0.25, -0.2) is 0 Å². The van der Waals surface area contributed by atoms with Crippen LogP contribution in [-0.4, -0.2) is 15.6 Å². The zero-order chi connectivity index (χ0) is 15.4. The summed E-state index contributed by atoms with van der Waals surface area (Å²) in [6, 6.07) is 3.47. The van der Waals surface area contributed by atoms with Crippen LogP contribution in [0.3, 0.4) is 0 Å². The Morgan fingerprint density at radius 1 is 1.29 bits per heavy atom. The molecule has 0 aromatic heterocycles. The van der Waals surface area contributed by atoms with Gasteiger partial charge in [-0.2, -0.15) is 5.10 Å². The standard InChI is InChI=1S/C13H16N4O4/c1-9-3-2-4-10(7-9)14-15-12-6-5-11(16(18)19)8-13(12)17(20)21/h5-6,8-9,15H,2-4,7H2,1H3/b14-10+. The van der Waals surface area contributed by atoms with Gasteiger partial charge in [-0.3, -0.25) is 25.7 Å². The van der Waals surface area contributed by atoms with Gasteiger partial charge >= 0.3 is 5.69 Å². The lowest BCUT2D eigenvalue weighted by Crippen LogP contribution is -2.14. The fourth-order valence-electron chi connectivity index (χ4n) is 2.38. The van der Waals surface area contributed by atoms with Crippen molar-refractivity contribution >= 4 is 22.8 Å². The van der Waals surface area contributed by atoms with Crippen LogP contribution in [0.15, 0.2) is 23.3 Å². The van der Waals surface area contributed by atoms with Crippen molar-refractivity contribution in [2.24, 2.45) is 11.0 Å². The van der Waals surface area contributed by atoms with E-state index in [0.717, 1.165) is 37.5 Å². The Morgan fingerprint density at radius 3 is 2.67 bits per heavy atom. The summed E-state index contributed by atoms with van der Waals surface area (Å²) in [7, 11) is 0. The molecule has 1 fully saturated rings. The Balaban J connectivity index is 2.21. The minimum absolute atomic E-state index is 0.163. The predicted octanol–water partition coefficient (Wildman–Crippen LogP) is 3.48. The van der Waals surface area contributed by atoms with E-state index in [1.807, 2.05) is 0 Å². The summed E-state index contributed by atoms with van der Waals surface area (Å²) in [5.41, 5.74) is 3.15. The van der Waals surface area contributed by atoms with Gasteiger partial charge in [0, 0.05) is 11.8 Å². The molecule has 8 heteroatoms. The number of nitrogens with zero attached hydrogens (tertiary/aromatic N) is 3. The zero-order valence-electron chi connectivity index (χ0n) is 11.6. The van der Waals surface area contributed by atoms with Crippen molar-refractivity contribution in [3.63, 3.8) is 0 Å². The maximum absolute atomic E-state index is 11.0. The second-order valence-electron chi connectivity index (χ2n) is 5.21. The molecule has 2 rings (SSSR count). The molecular formula is C13H16N4O4. The van der Waals surface area contributed by atoms with Gasteiger partial charge in [0.05, 0.1) is 15.9 Å². The molecule has 8 nitrogen and oxygen atoms in total. The quantitative estimate of drug-likeness (QED) is 0.674. The number of nitro groups is 2. The fraction of sp³-hybridized carbons (Fsp3) is 0.462. The lowest BCUT2D eigenvalue weighted by atomic mass is 9.89. The number of hydrogen-bond donors (Lipinski definition) is 1. The largest absolute Gasteiger partial charge is 0.301 e. The highest BCUT2D eigenvalue weighted by molar-refractivity contribution is 5.86. The van der Waals surface area contributed by atoms with Crippen LogP contribution in [0.2, 0.25) is 0 Å². The average molecular weight is 292 g/mol. The van der Waals surface area contributed by atoms with E-state index in [1.54, 1.807) is 0 Å². The van der Waals surface area contributed by atoms with Crippen molar-refractivity contribution < 1.29 is 9.85 Å². The molecule has 1 aromatic carbocycles. The van der Waals surface area contributed by atoms with E-state index >= 15 is 0 Å². The van der Waals surface area contributed by atoms with E-state index in [9.17, 15) is 20.2 Å². The highest BCUT2D eigenvalue weighted by Crippen LogP contribution is 2.29. The number of anilines is 1. The molecule has 21 heavy (non-hydrogen) atoms. The maximum Gasteiger partial charge on any atom is 0.301 e. The summed E-state index contributed by atoms with van der Waals surface area (Å²) < 4.78 is 0. The molecule has 1 unspecified atom stereocenters. The minimum atomic E-state index is -0.661. The SMILES string of the molecule is CC1CCC/C(=N\Nc2ccc([N+](=O)[O-])cc2[N+](=O)[O-])C1. The van der Waals surface area contributed by atoms with Crippen molar-refractivity contribution in [2.45, 2.75) is 32.6 Å². The van der Waals surface area contributed by atoms with Crippen LogP contribution >= 0.6 is 0 Å². The number of hydrazone groups is 1. The molecule has 1 atom stereocenters. The monoisotopic (exact) mass is 292 g/mol. The Bertz CT molecular complexity index is 600. The third kappa shape index (κ3) is 3.74. The van der Waals surface area contributed by atoms with Crippen LogP contribution in [0.5, 0.6) is 0 Å². The number of non-ortho nitro benzene ring substituents is 1. The van der Waals surface area contributed by atoms with E-state index in [4.69, 9.17) is 0 Å². The minimum Gasteiger partial charge on any atom is -0.272 e. The normalized spacial score (nSPS) is 20.2. The Labute approximate surface area is 121 Å². The molecule has 0 spiro atoms. The third-order valence-electron chi connectivity index (χ3n) is 3.47. The number of benzene rings is 1. The average Bonchev–Trinajstić information content (AvgIpc) is 2.44. The maximum atomic E-state index is 11.0. The van der Waals surface area contributed by atoms with Crippen LogP contribution in [0.4, 0.5) is 17.1 Å². The van der Waals surface area contributed by atoms with Gasteiger partial charge in [0.25, 0.3) is 5.69 Å². The van der Waals surface area contributed by atoms with Crippen molar-refractivity contribution in [1.29, 1.82) is 0 Å². The lowest BCUT2D eigenvalue weighted by molar-refractivity contribution is -0.393. The van der Waals surface area contributed by atoms with Crippen molar-refractivity contribution in [2.75, 3.05) is 5.43 Å². The van der Waals surface area contributed by atoms with E-state index in [2.05, 4.69) is 17.5 Å². The first-order chi connectivity index (χ1) is 9.97. The second kappa shape index (κ2) is 6.29. The summed E-state index contributed by atoms with van der Waals surface area (Å²) in [5.74, 6) is 0.561. The summed E-state index contributed by atoms with van der Waals surface area (Å²) in [5, 5.41) is 25.9. The van der Waals surface area contributed by atoms with E-state index in [1.165, 1.54) is 12.1 Å². The molecule has 1 aliphatic carbocycles. The highest BCUT2D eigenvalue weighted by Gasteiger charge is 2.20. The molecule has 1 saturated carbocycles. The number of nitro benzene ring substituents is 2. The smallest absolute Gasteiger partial charge is 0.272 e. The molecule has 1 aliphatic rings. The first kappa shape index (κ1) is 14.9. The molecule has 0 radical (unpaired) electrons. The van der Waals surface area contributed by atoms with Crippen molar-refractivity contribution in [1.82, 2.24) is 0 Å². The van der Waals surface area contributed by atoms with Crippen LogP contribution in [0.25, 0.3) is 0 Å². The van der Waals surface area contributed by atoms with Gasteiger partial charge in [-0.05, 0) is 37.7 Å². The summed E-state index contributed by atoms with van der Waals surface area (Å²) in [4.78, 5) is 20.3. The van der Waals surface area contributed by atoms with Crippen molar-refractivity contribution in [3.05, 3.63) is 38.4 Å².